The van der Waals surface area contributed by atoms with Gasteiger partial charge in [-0.05, 0) is 0 Å². The standard InChI is InChI=1S/C9H11N5O4/c10-9-12-6-4(7(17)13-9)11-2-14(6)8-5(16)3(15)1-18-8/h2-3,5,8,15-16H,1H2,(H3,10,12,13,17)/t3-,5-,8-/m1/s1. The number of aliphatic hydroxyl groups excluding tert-OH is 2. The molecule has 0 unspecified atom stereocenters. The van der Waals surface area contributed by atoms with E-state index in [9.17, 15) is 15.0 Å². The molecule has 1 aliphatic rings. The van der Waals surface area contributed by atoms with Crippen molar-refractivity contribution in [2.75, 3.05) is 12.3 Å². The molecule has 2 aromatic rings. The van der Waals surface area contributed by atoms with Gasteiger partial charge in [0.2, 0.25) is 5.95 Å². The number of nitrogens with two attached hydrogens (primary N) is 1. The number of aliphatic hydroxyl groups is 2. The molecule has 9 heteroatoms. The topological polar surface area (TPSA) is 139 Å². The van der Waals surface area contributed by atoms with Crippen LogP contribution < -0.4 is 11.3 Å². The first-order valence-corrected chi connectivity index (χ1v) is 5.28. The summed E-state index contributed by atoms with van der Waals surface area (Å²) in [4.78, 5) is 21.6. The molecular weight excluding hydrogens is 242 g/mol. The van der Waals surface area contributed by atoms with Gasteiger partial charge in [-0.1, -0.05) is 0 Å². The SMILES string of the molecule is Nc1nc(=O)c2ncn([C@@H]3OC[C@@H](O)[C@H]3O)c2[nH]1. The fraction of sp³-hybridized carbons (Fsp3) is 0.444. The number of rotatable bonds is 1. The average Bonchev–Trinajstić information content (AvgIpc) is 2.85. The van der Waals surface area contributed by atoms with Gasteiger partial charge in [0.1, 0.15) is 17.9 Å². The first-order valence-electron chi connectivity index (χ1n) is 5.28. The third-order valence-corrected chi connectivity index (χ3v) is 2.86. The molecule has 1 fully saturated rings. The maximum Gasteiger partial charge on any atom is 0.302 e. The van der Waals surface area contributed by atoms with E-state index in [0.717, 1.165) is 0 Å². The lowest BCUT2D eigenvalue weighted by Crippen LogP contribution is -2.28. The maximum atomic E-state index is 11.5. The predicted octanol–water partition coefficient (Wildman–Crippen LogP) is -2.05. The third-order valence-electron chi connectivity index (χ3n) is 2.86. The van der Waals surface area contributed by atoms with Crippen molar-refractivity contribution in [2.45, 2.75) is 18.4 Å². The molecule has 18 heavy (non-hydrogen) atoms. The van der Waals surface area contributed by atoms with E-state index in [1.54, 1.807) is 0 Å². The van der Waals surface area contributed by atoms with E-state index in [4.69, 9.17) is 10.5 Å². The van der Waals surface area contributed by atoms with Gasteiger partial charge in [0.25, 0.3) is 0 Å². The number of aromatic nitrogens is 4. The lowest BCUT2D eigenvalue weighted by Gasteiger charge is -2.16. The van der Waals surface area contributed by atoms with Gasteiger partial charge >= 0.3 is 5.56 Å². The van der Waals surface area contributed by atoms with Gasteiger partial charge in [-0.25, -0.2) is 4.98 Å². The van der Waals surface area contributed by atoms with E-state index in [1.807, 2.05) is 0 Å². The van der Waals surface area contributed by atoms with Crippen LogP contribution in [0.3, 0.4) is 0 Å². The highest BCUT2D eigenvalue weighted by Crippen LogP contribution is 2.26. The molecule has 0 radical (unpaired) electrons. The number of nitrogen functional groups attached to an aromatic ring is 1. The van der Waals surface area contributed by atoms with Gasteiger partial charge < -0.3 is 25.7 Å². The Labute approximate surface area is 99.8 Å². The molecule has 3 heterocycles. The number of hydrogen-bond donors (Lipinski definition) is 4. The minimum absolute atomic E-state index is 0.0102. The summed E-state index contributed by atoms with van der Waals surface area (Å²) in [5.41, 5.74) is 5.29. The van der Waals surface area contributed by atoms with Crippen molar-refractivity contribution in [3.8, 4) is 0 Å². The molecule has 96 valence electrons. The van der Waals surface area contributed by atoms with Crippen molar-refractivity contribution in [1.82, 2.24) is 19.5 Å². The summed E-state index contributed by atoms with van der Waals surface area (Å²) in [7, 11) is 0. The fourth-order valence-corrected chi connectivity index (χ4v) is 1.98. The van der Waals surface area contributed by atoms with Gasteiger partial charge in [-0.15, -0.1) is 0 Å². The molecule has 0 bridgehead atoms. The highest BCUT2D eigenvalue weighted by molar-refractivity contribution is 5.70. The minimum Gasteiger partial charge on any atom is -0.388 e. The van der Waals surface area contributed by atoms with E-state index >= 15 is 0 Å². The first kappa shape index (κ1) is 11.1. The van der Waals surface area contributed by atoms with Crippen LogP contribution in [-0.4, -0.2) is 48.5 Å². The van der Waals surface area contributed by atoms with E-state index < -0.39 is 24.0 Å². The highest BCUT2D eigenvalue weighted by atomic mass is 16.5. The van der Waals surface area contributed by atoms with Crippen LogP contribution in [-0.2, 0) is 4.74 Å². The van der Waals surface area contributed by atoms with Gasteiger partial charge in [0.15, 0.2) is 11.7 Å². The van der Waals surface area contributed by atoms with Crippen molar-refractivity contribution >= 4 is 17.1 Å². The molecule has 0 spiro atoms. The van der Waals surface area contributed by atoms with Crippen molar-refractivity contribution in [2.24, 2.45) is 0 Å². The molecule has 5 N–H and O–H groups in total. The van der Waals surface area contributed by atoms with Gasteiger partial charge in [-0.2, -0.15) is 4.98 Å². The number of imidazole rings is 1. The second-order valence-electron chi connectivity index (χ2n) is 4.06. The quantitative estimate of drug-likeness (QED) is 0.458. The van der Waals surface area contributed by atoms with E-state index in [-0.39, 0.29) is 18.1 Å². The molecule has 1 aliphatic heterocycles. The Balaban J connectivity index is 2.16. The largest absolute Gasteiger partial charge is 0.388 e. The van der Waals surface area contributed by atoms with E-state index in [0.29, 0.717) is 5.65 Å². The lowest BCUT2D eigenvalue weighted by atomic mass is 10.2. The number of hydrogen-bond acceptors (Lipinski definition) is 7. The number of ether oxygens (including phenoxy) is 1. The molecule has 3 rings (SSSR count). The van der Waals surface area contributed by atoms with Crippen LogP contribution >= 0.6 is 0 Å². The summed E-state index contributed by atoms with van der Waals surface area (Å²) in [6, 6.07) is 0. The van der Waals surface area contributed by atoms with Crippen molar-refractivity contribution in [3.63, 3.8) is 0 Å². The number of nitrogens with zero attached hydrogens (tertiary/aromatic N) is 3. The molecule has 0 aliphatic carbocycles. The Morgan fingerprint density at radius 2 is 2.33 bits per heavy atom. The molecule has 3 atom stereocenters. The summed E-state index contributed by atoms with van der Waals surface area (Å²) in [5, 5.41) is 19.2. The van der Waals surface area contributed by atoms with Crippen molar-refractivity contribution in [1.29, 1.82) is 0 Å². The van der Waals surface area contributed by atoms with Crippen LogP contribution in [0.5, 0.6) is 0 Å². The first-order chi connectivity index (χ1) is 8.58. The number of H-pyrrole nitrogens is 1. The molecule has 0 saturated carbocycles. The third kappa shape index (κ3) is 1.49. The summed E-state index contributed by atoms with van der Waals surface area (Å²) in [5.74, 6) is -0.0534. The second-order valence-corrected chi connectivity index (χ2v) is 4.06. The monoisotopic (exact) mass is 253 g/mol. The number of nitrogens with one attached hydrogen (secondary N) is 1. The van der Waals surface area contributed by atoms with Crippen LogP contribution in [0.25, 0.3) is 11.2 Å². The molecule has 2 aromatic heterocycles. The fourth-order valence-electron chi connectivity index (χ4n) is 1.98. The van der Waals surface area contributed by atoms with Crippen LogP contribution in [0.2, 0.25) is 0 Å². The van der Waals surface area contributed by atoms with Gasteiger partial charge in [0.05, 0.1) is 12.9 Å². The zero-order valence-electron chi connectivity index (χ0n) is 9.15. The summed E-state index contributed by atoms with van der Waals surface area (Å²) >= 11 is 0. The number of anilines is 1. The number of aromatic amines is 1. The molecule has 0 amide bonds. The Morgan fingerprint density at radius 1 is 1.56 bits per heavy atom. The second kappa shape index (κ2) is 3.77. The van der Waals surface area contributed by atoms with Crippen molar-refractivity contribution in [3.05, 3.63) is 16.7 Å². The minimum atomic E-state index is -1.10. The van der Waals surface area contributed by atoms with Crippen LogP contribution in [0, 0.1) is 0 Å². The Hall–Kier alpha value is -1.97. The summed E-state index contributed by atoms with van der Waals surface area (Å²) in [6.45, 7) is 0.0102. The normalized spacial score (nSPS) is 28.0. The Bertz CT molecular complexity index is 650. The lowest BCUT2D eigenvalue weighted by molar-refractivity contribution is -0.0162. The zero-order chi connectivity index (χ0) is 12.9. The van der Waals surface area contributed by atoms with Crippen LogP contribution in [0.4, 0.5) is 5.95 Å². The van der Waals surface area contributed by atoms with Gasteiger partial charge in [0, 0.05) is 0 Å². The average molecular weight is 253 g/mol. The zero-order valence-corrected chi connectivity index (χ0v) is 9.15. The Kier molecular flexibility index (Phi) is 2.33. The van der Waals surface area contributed by atoms with Crippen LogP contribution in [0.15, 0.2) is 11.1 Å². The molecular formula is C9H11N5O4. The summed E-state index contributed by atoms with van der Waals surface area (Å²) in [6.07, 6.45) is -1.56. The molecule has 1 saturated heterocycles. The summed E-state index contributed by atoms with van der Waals surface area (Å²) < 4.78 is 6.66. The highest BCUT2D eigenvalue weighted by Gasteiger charge is 2.36. The Morgan fingerprint density at radius 3 is 3.00 bits per heavy atom. The maximum absolute atomic E-state index is 11.5. The molecule has 9 nitrogen and oxygen atoms in total. The van der Waals surface area contributed by atoms with E-state index in [2.05, 4.69) is 15.0 Å². The predicted molar refractivity (Wildman–Crippen MR) is 59.6 cm³/mol. The molecule has 0 aromatic carbocycles. The van der Waals surface area contributed by atoms with Crippen LogP contribution in [0.1, 0.15) is 6.23 Å². The van der Waals surface area contributed by atoms with Gasteiger partial charge in [-0.3, -0.25) is 9.36 Å². The van der Waals surface area contributed by atoms with Crippen molar-refractivity contribution < 1.29 is 14.9 Å². The van der Waals surface area contributed by atoms with E-state index in [1.165, 1.54) is 10.9 Å². The number of fused-ring (bicyclic) bond motifs is 1. The smallest absolute Gasteiger partial charge is 0.302 e.